The Labute approximate surface area is 92.2 Å². The zero-order valence-electron chi connectivity index (χ0n) is 9.71. The first kappa shape index (κ1) is 10.4. The summed E-state index contributed by atoms with van der Waals surface area (Å²) in [5.41, 5.74) is 5.20. The van der Waals surface area contributed by atoms with E-state index in [-0.39, 0.29) is 0 Å². The molecule has 1 saturated carbocycles. The Morgan fingerprint density at radius 1 is 0.933 bits per heavy atom. The number of hydrogen-bond donors (Lipinski definition) is 0. The van der Waals surface area contributed by atoms with Crippen LogP contribution in [0.5, 0.6) is 0 Å². The van der Waals surface area contributed by atoms with Crippen LogP contribution < -0.4 is 0 Å². The second kappa shape index (κ2) is 4.61. The Morgan fingerprint density at radius 2 is 1.53 bits per heavy atom. The van der Waals surface area contributed by atoms with Crippen molar-refractivity contribution in [2.45, 2.75) is 46.0 Å². The molecule has 1 aromatic carbocycles. The molecule has 1 aromatic rings. The molecular weight excluding hydrogens is 182 g/mol. The standard InChI is InChI=1S/C14H19N/c1-11-7-6-8-12(2)14(11)15-13-9-4-3-5-10-13/h6-8H,3-5,9-10H2,1-2H3. The highest BCUT2D eigenvalue weighted by molar-refractivity contribution is 5.88. The Kier molecular flexibility index (Phi) is 3.20. The number of aliphatic imine (C=N–C) groups is 1. The molecule has 0 radical (unpaired) electrons. The highest BCUT2D eigenvalue weighted by atomic mass is 14.8. The third kappa shape index (κ3) is 2.47. The van der Waals surface area contributed by atoms with Gasteiger partial charge in [0, 0.05) is 5.71 Å². The fourth-order valence-corrected chi connectivity index (χ4v) is 2.21. The van der Waals surface area contributed by atoms with Crippen LogP contribution in [0.2, 0.25) is 0 Å². The minimum Gasteiger partial charge on any atom is -0.257 e. The van der Waals surface area contributed by atoms with E-state index in [1.165, 1.54) is 54.6 Å². The van der Waals surface area contributed by atoms with E-state index in [4.69, 9.17) is 4.99 Å². The van der Waals surface area contributed by atoms with E-state index < -0.39 is 0 Å². The van der Waals surface area contributed by atoms with Gasteiger partial charge in [-0.2, -0.15) is 0 Å². The second-order valence-electron chi connectivity index (χ2n) is 4.48. The van der Waals surface area contributed by atoms with Crippen molar-refractivity contribution in [1.82, 2.24) is 0 Å². The van der Waals surface area contributed by atoms with Gasteiger partial charge in [0.15, 0.2) is 0 Å². The van der Waals surface area contributed by atoms with Crippen molar-refractivity contribution >= 4 is 11.4 Å². The molecule has 1 fully saturated rings. The minimum absolute atomic E-state index is 1.20. The van der Waals surface area contributed by atoms with Gasteiger partial charge in [0.25, 0.3) is 0 Å². The fraction of sp³-hybridized carbons (Fsp3) is 0.500. The maximum Gasteiger partial charge on any atom is 0.0687 e. The van der Waals surface area contributed by atoms with Crippen LogP contribution in [0.3, 0.4) is 0 Å². The van der Waals surface area contributed by atoms with E-state index in [1.54, 1.807) is 0 Å². The van der Waals surface area contributed by atoms with Crippen molar-refractivity contribution in [3.8, 4) is 0 Å². The quantitative estimate of drug-likeness (QED) is 0.641. The summed E-state index contributed by atoms with van der Waals surface area (Å²) in [6.07, 6.45) is 6.43. The van der Waals surface area contributed by atoms with E-state index in [0.29, 0.717) is 0 Å². The van der Waals surface area contributed by atoms with Crippen LogP contribution in [0.15, 0.2) is 23.2 Å². The maximum atomic E-state index is 4.83. The van der Waals surface area contributed by atoms with Crippen molar-refractivity contribution in [1.29, 1.82) is 0 Å². The predicted molar refractivity (Wildman–Crippen MR) is 66.1 cm³/mol. The molecule has 15 heavy (non-hydrogen) atoms. The van der Waals surface area contributed by atoms with Crippen molar-refractivity contribution in [2.24, 2.45) is 4.99 Å². The van der Waals surface area contributed by atoms with Crippen LogP contribution >= 0.6 is 0 Å². The number of hydrogen-bond acceptors (Lipinski definition) is 1. The van der Waals surface area contributed by atoms with Gasteiger partial charge in [0.2, 0.25) is 0 Å². The highest BCUT2D eigenvalue weighted by Crippen LogP contribution is 2.26. The number of nitrogens with zero attached hydrogens (tertiary/aromatic N) is 1. The number of rotatable bonds is 1. The lowest BCUT2D eigenvalue weighted by molar-refractivity contribution is 0.667. The summed E-state index contributed by atoms with van der Waals surface area (Å²) in [6, 6.07) is 6.40. The van der Waals surface area contributed by atoms with Crippen molar-refractivity contribution < 1.29 is 0 Å². The molecule has 0 aromatic heterocycles. The molecule has 0 amide bonds. The third-order valence-corrected chi connectivity index (χ3v) is 3.14. The average Bonchev–Trinajstić information content (AvgIpc) is 2.25. The lowest BCUT2D eigenvalue weighted by Crippen LogP contribution is -2.04. The summed E-state index contributed by atoms with van der Waals surface area (Å²) < 4.78 is 0. The van der Waals surface area contributed by atoms with Gasteiger partial charge in [-0.25, -0.2) is 0 Å². The molecule has 0 heterocycles. The molecule has 1 aliphatic rings. The van der Waals surface area contributed by atoms with Gasteiger partial charge < -0.3 is 0 Å². The summed E-state index contributed by atoms with van der Waals surface area (Å²) in [5, 5.41) is 0. The molecule has 0 aliphatic heterocycles. The smallest absolute Gasteiger partial charge is 0.0687 e. The first-order valence-corrected chi connectivity index (χ1v) is 5.90. The van der Waals surface area contributed by atoms with Crippen molar-refractivity contribution in [2.75, 3.05) is 0 Å². The molecular formula is C14H19N. The molecule has 0 spiro atoms. The maximum absolute atomic E-state index is 4.83. The van der Waals surface area contributed by atoms with Crippen molar-refractivity contribution in [3.63, 3.8) is 0 Å². The molecule has 2 rings (SSSR count). The summed E-state index contributed by atoms with van der Waals surface area (Å²) in [5.74, 6) is 0. The van der Waals surface area contributed by atoms with Crippen LogP contribution in [0.1, 0.15) is 43.2 Å². The summed E-state index contributed by atoms with van der Waals surface area (Å²) >= 11 is 0. The first-order chi connectivity index (χ1) is 7.27. The Hall–Kier alpha value is -1.11. The third-order valence-electron chi connectivity index (χ3n) is 3.14. The zero-order valence-corrected chi connectivity index (χ0v) is 9.71. The van der Waals surface area contributed by atoms with Crippen molar-refractivity contribution in [3.05, 3.63) is 29.3 Å². The van der Waals surface area contributed by atoms with E-state index in [0.717, 1.165) is 0 Å². The monoisotopic (exact) mass is 201 g/mol. The van der Waals surface area contributed by atoms with Gasteiger partial charge in [0.05, 0.1) is 5.69 Å². The van der Waals surface area contributed by atoms with Crippen LogP contribution in [-0.4, -0.2) is 5.71 Å². The fourth-order valence-electron chi connectivity index (χ4n) is 2.21. The summed E-state index contributed by atoms with van der Waals surface area (Å²) in [4.78, 5) is 4.83. The number of para-hydroxylation sites is 1. The Bertz CT molecular complexity index is 349. The van der Waals surface area contributed by atoms with Gasteiger partial charge >= 0.3 is 0 Å². The molecule has 80 valence electrons. The number of benzene rings is 1. The number of aryl methyl sites for hydroxylation is 2. The van der Waals surface area contributed by atoms with Crippen LogP contribution in [-0.2, 0) is 0 Å². The molecule has 0 bridgehead atoms. The van der Waals surface area contributed by atoms with E-state index in [9.17, 15) is 0 Å². The molecule has 0 unspecified atom stereocenters. The highest BCUT2D eigenvalue weighted by Gasteiger charge is 2.08. The van der Waals surface area contributed by atoms with E-state index >= 15 is 0 Å². The molecule has 1 aliphatic carbocycles. The normalized spacial score (nSPS) is 16.5. The van der Waals surface area contributed by atoms with Gasteiger partial charge in [-0.1, -0.05) is 24.6 Å². The average molecular weight is 201 g/mol. The predicted octanol–water partition coefficient (Wildman–Crippen LogP) is 4.34. The lowest BCUT2D eigenvalue weighted by atomic mass is 9.98. The Morgan fingerprint density at radius 3 is 2.13 bits per heavy atom. The molecule has 1 heteroatoms. The zero-order chi connectivity index (χ0) is 10.7. The Balaban J connectivity index is 2.29. The van der Waals surface area contributed by atoms with Gasteiger partial charge in [-0.05, 0) is 50.7 Å². The van der Waals surface area contributed by atoms with Crippen LogP contribution in [0.25, 0.3) is 0 Å². The molecule has 0 atom stereocenters. The summed E-state index contributed by atoms with van der Waals surface area (Å²) in [6.45, 7) is 4.30. The summed E-state index contributed by atoms with van der Waals surface area (Å²) in [7, 11) is 0. The van der Waals surface area contributed by atoms with Gasteiger partial charge in [-0.3, -0.25) is 4.99 Å². The van der Waals surface area contributed by atoms with Crippen LogP contribution in [0.4, 0.5) is 5.69 Å². The van der Waals surface area contributed by atoms with Gasteiger partial charge in [-0.15, -0.1) is 0 Å². The first-order valence-electron chi connectivity index (χ1n) is 5.90. The topological polar surface area (TPSA) is 12.4 Å². The molecule has 0 N–H and O–H groups in total. The largest absolute Gasteiger partial charge is 0.257 e. The minimum atomic E-state index is 1.20. The van der Waals surface area contributed by atoms with Crippen LogP contribution in [0, 0.1) is 13.8 Å². The molecule has 1 nitrogen and oxygen atoms in total. The van der Waals surface area contributed by atoms with E-state index in [1.807, 2.05) is 0 Å². The SMILES string of the molecule is Cc1cccc(C)c1N=C1CCCCC1. The van der Waals surface area contributed by atoms with E-state index in [2.05, 4.69) is 32.0 Å². The second-order valence-corrected chi connectivity index (χ2v) is 4.48. The van der Waals surface area contributed by atoms with Gasteiger partial charge in [0.1, 0.15) is 0 Å². The lowest BCUT2D eigenvalue weighted by Gasteiger charge is -2.13. The molecule has 0 saturated heterocycles.